The number of amides is 1. The fourth-order valence-electron chi connectivity index (χ4n) is 3.77. The lowest BCUT2D eigenvalue weighted by atomic mass is 9.98. The lowest BCUT2D eigenvalue weighted by Crippen LogP contribution is -2.22. The molecule has 1 unspecified atom stereocenters. The van der Waals surface area contributed by atoms with Gasteiger partial charge in [0.2, 0.25) is 5.91 Å². The Balaban J connectivity index is 1.74. The summed E-state index contributed by atoms with van der Waals surface area (Å²) in [6, 6.07) is 27.6. The Labute approximate surface area is 216 Å². The number of nitrogens with zero attached hydrogens (tertiary/aromatic N) is 2. The lowest BCUT2D eigenvalue weighted by molar-refractivity contribution is -0.115. The van der Waals surface area contributed by atoms with Crippen LogP contribution in [-0.4, -0.2) is 23.3 Å². The maximum absolute atomic E-state index is 13.0. The van der Waals surface area contributed by atoms with Crippen LogP contribution < -0.4 is 10.1 Å². The first kappa shape index (κ1) is 25.0. The molecular formula is C30H27N3O2S. The Hall–Kier alpha value is -4.08. The van der Waals surface area contributed by atoms with Crippen LogP contribution in [0.5, 0.6) is 5.75 Å². The zero-order valence-electron chi connectivity index (χ0n) is 20.7. The molecule has 180 valence electrons. The number of ether oxygens (including phenoxy) is 1. The monoisotopic (exact) mass is 493 g/mol. The zero-order chi connectivity index (χ0) is 25.7. The van der Waals surface area contributed by atoms with Gasteiger partial charge in [-0.05, 0) is 74.4 Å². The van der Waals surface area contributed by atoms with E-state index in [2.05, 4.69) is 11.4 Å². The summed E-state index contributed by atoms with van der Waals surface area (Å²) in [6.07, 6.45) is 0. The Kier molecular flexibility index (Phi) is 7.72. The molecule has 1 N–H and O–H groups in total. The van der Waals surface area contributed by atoms with Crippen molar-refractivity contribution in [2.75, 3.05) is 12.4 Å². The van der Waals surface area contributed by atoms with E-state index in [-0.39, 0.29) is 5.91 Å². The predicted octanol–water partition coefficient (Wildman–Crippen LogP) is 7.03. The van der Waals surface area contributed by atoms with Crippen molar-refractivity contribution in [2.45, 2.75) is 31.0 Å². The van der Waals surface area contributed by atoms with Crippen LogP contribution in [0.15, 0.2) is 83.9 Å². The van der Waals surface area contributed by atoms with Crippen molar-refractivity contribution in [3.63, 3.8) is 0 Å². The Bertz CT molecular complexity index is 1420. The molecule has 3 aromatic carbocycles. The summed E-state index contributed by atoms with van der Waals surface area (Å²) >= 11 is 1.28. The van der Waals surface area contributed by atoms with Gasteiger partial charge in [0.1, 0.15) is 16.8 Å². The largest absolute Gasteiger partial charge is 0.497 e. The molecule has 1 atom stereocenters. The van der Waals surface area contributed by atoms with Gasteiger partial charge in [0.25, 0.3) is 0 Å². The number of hydrogen-bond acceptors (Lipinski definition) is 5. The standard InChI is InChI=1S/C30H27N3O2S/c1-19-8-10-22(11-9-19)26-17-28(23-12-14-25(35-4)15-13-23)33-30(27(26)18-31)36-21(3)29(34)32-24-7-5-6-20(2)16-24/h5-17,21H,1-4H3,(H,32,34). The van der Waals surface area contributed by atoms with E-state index in [1.807, 2.05) is 99.6 Å². The van der Waals surface area contributed by atoms with E-state index < -0.39 is 5.25 Å². The molecule has 36 heavy (non-hydrogen) atoms. The van der Waals surface area contributed by atoms with E-state index in [1.54, 1.807) is 7.11 Å². The third-order valence-electron chi connectivity index (χ3n) is 5.79. The van der Waals surface area contributed by atoms with E-state index in [1.165, 1.54) is 11.8 Å². The number of nitrogens with one attached hydrogen (secondary N) is 1. The summed E-state index contributed by atoms with van der Waals surface area (Å²) in [4.78, 5) is 17.8. The number of anilines is 1. The number of aromatic nitrogens is 1. The zero-order valence-corrected chi connectivity index (χ0v) is 21.5. The molecule has 0 aliphatic carbocycles. The van der Waals surface area contributed by atoms with Gasteiger partial charge in [-0.3, -0.25) is 4.79 Å². The van der Waals surface area contributed by atoms with Crippen LogP contribution in [-0.2, 0) is 4.79 Å². The average Bonchev–Trinajstić information content (AvgIpc) is 2.88. The molecule has 0 bridgehead atoms. The molecule has 0 saturated carbocycles. The molecule has 0 aliphatic heterocycles. The second-order valence-corrected chi connectivity index (χ2v) is 9.89. The first-order valence-electron chi connectivity index (χ1n) is 11.6. The highest BCUT2D eigenvalue weighted by atomic mass is 32.2. The molecule has 6 heteroatoms. The summed E-state index contributed by atoms with van der Waals surface area (Å²) < 4.78 is 5.29. The predicted molar refractivity (Wildman–Crippen MR) is 146 cm³/mol. The third kappa shape index (κ3) is 5.76. The van der Waals surface area contributed by atoms with E-state index in [9.17, 15) is 10.1 Å². The smallest absolute Gasteiger partial charge is 0.237 e. The van der Waals surface area contributed by atoms with Crippen LogP contribution >= 0.6 is 11.8 Å². The maximum Gasteiger partial charge on any atom is 0.237 e. The maximum atomic E-state index is 13.0. The SMILES string of the molecule is COc1ccc(-c2cc(-c3ccc(C)cc3)c(C#N)c(SC(C)C(=O)Nc3cccc(C)c3)n2)cc1. The van der Waals surface area contributed by atoms with E-state index >= 15 is 0 Å². The van der Waals surface area contributed by atoms with Crippen LogP contribution in [0.1, 0.15) is 23.6 Å². The van der Waals surface area contributed by atoms with Gasteiger partial charge in [-0.15, -0.1) is 0 Å². The van der Waals surface area contributed by atoms with Crippen molar-refractivity contribution in [3.8, 4) is 34.2 Å². The molecule has 4 rings (SSSR count). The Morgan fingerprint density at radius 3 is 2.31 bits per heavy atom. The number of rotatable bonds is 7. The molecule has 0 radical (unpaired) electrons. The summed E-state index contributed by atoms with van der Waals surface area (Å²) in [7, 11) is 1.63. The summed E-state index contributed by atoms with van der Waals surface area (Å²) in [5, 5.41) is 13.2. The minimum absolute atomic E-state index is 0.150. The Morgan fingerprint density at radius 2 is 1.67 bits per heavy atom. The van der Waals surface area contributed by atoms with Gasteiger partial charge in [-0.25, -0.2) is 4.98 Å². The molecule has 1 amide bonds. The molecule has 0 fully saturated rings. The molecule has 0 aliphatic rings. The van der Waals surface area contributed by atoms with Crippen molar-refractivity contribution in [3.05, 3.63) is 95.6 Å². The molecular weight excluding hydrogens is 466 g/mol. The van der Waals surface area contributed by atoms with Crippen LogP contribution in [0.4, 0.5) is 5.69 Å². The second kappa shape index (κ2) is 11.1. The number of aryl methyl sites for hydroxylation is 2. The van der Waals surface area contributed by atoms with Crippen LogP contribution in [0, 0.1) is 25.2 Å². The molecule has 0 saturated heterocycles. The molecule has 1 aromatic heterocycles. The number of carbonyl (C=O) groups is 1. The first-order valence-corrected chi connectivity index (χ1v) is 12.5. The Morgan fingerprint density at radius 1 is 0.972 bits per heavy atom. The van der Waals surface area contributed by atoms with Gasteiger partial charge in [0.05, 0.1) is 23.6 Å². The molecule has 0 spiro atoms. The van der Waals surface area contributed by atoms with Crippen molar-refractivity contribution < 1.29 is 9.53 Å². The van der Waals surface area contributed by atoms with Crippen molar-refractivity contribution in [1.29, 1.82) is 5.26 Å². The van der Waals surface area contributed by atoms with Gasteiger partial charge >= 0.3 is 0 Å². The van der Waals surface area contributed by atoms with E-state index in [0.29, 0.717) is 10.6 Å². The molecule has 1 heterocycles. The summed E-state index contributed by atoms with van der Waals surface area (Å²) in [6.45, 7) is 5.83. The number of benzene rings is 3. The van der Waals surface area contributed by atoms with Crippen LogP contribution in [0.3, 0.4) is 0 Å². The minimum atomic E-state index is -0.470. The van der Waals surface area contributed by atoms with Gasteiger partial charge in [0, 0.05) is 16.8 Å². The van der Waals surface area contributed by atoms with Crippen LogP contribution in [0.2, 0.25) is 0 Å². The number of hydrogen-bond donors (Lipinski definition) is 1. The number of methoxy groups -OCH3 is 1. The quantitative estimate of drug-likeness (QED) is 0.280. The highest BCUT2D eigenvalue weighted by Crippen LogP contribution is 2.36. The fraction of sp³-hybridized carbons (Fsp3) is 0.167. The minimum Gasteiger partial charge on any atom is -0.497 e. The molecule has 5 nitrogen and oxygen atoms in total. The number of pyridine rings is 1. The number of nitriles is 1. The third-order valence-corrected chi connectivity index (χ3v) is 6.88. The van der Waals surface area contributed by atoms with Gasteiger partial charge < -0.3 is 10.1 Å². The van der Waals surface area contributed by atoms with Gasteiger partial charge in [0.15, 0.2) is 0 Å². The highest BCUT2D eigenvalue weighted by molar-refractivity contribution is 8.00. The number of thioether (sulfide) groups is 1. The van der Waals surface area contributed by atoms with Gasteiger partial charge in [-0.1, -0.05) is 53.7 Å². The van der Waals surface area contributed by atoms with Gasteiger partial charge in [-0.2, -0.15) is 5.26 Å². The second-order valence-electron chi connectivity index (χ2n) is 8.56. The summed E-state index contributed by atoms with van der Waals surface area (Å²) in [5.41, 5.74) is 6.73. The van der Waals surface area contributed by atoms with Crippen molar-refractivity contribution in [2.24, 2.45) is 0 Å². The summed E-state index contributed by atoms with van der Waals surface area (Å²) in [5.74, 6) is 0.602. The van der Waals surface area contributed by atoms with Crippen molar-refractivity contribution >= 4 is 23.4 Å². The average molecular weight is 494 g/mol. The van der Waals surface area contributed by atoms with Crippen LogP contribution in [0.25, 0.3) is 22.4 Å². The number of carbonyl (C=O) groups excluding carboxylic acids is 1. The lowest BCUT2D eigenvalue weighted by Gasteiger charge is -2.16. The topological polar surface area (TPSA) is 75.0 Å². The van der Waals surface area contributed by atoms with E-state index in [0.717, 1.165) is 44.9 Å². The first-order chi connectivity index (χ1) is 17.4. The highest BCUT2D eigenvalue weighted by Gasteiger charge is 2.21. The van der Waals surface area contributed by atoms with E-state index in [4.69, 9.17) is 9.72 Å². The normalized spacial score (nSPS) is 11.4. The van der Waals surface area contributed by atoms with Crippen molar-refractivity contribution in [1.82, 2.24) is 4.98 Å². The molecule has 4 aromatic rings. The fourth-order valence-corrected chi connectivity index (χ4v) is 4.70.